The van der Waals surface area contributed by atoms with Gasteiger partial charge < -0.3 is 14.8 Å². The van der Waals surface area contributed by atoms with Crippen LogP contribution in [-0.2, 0) is 16.8 Å². The first-order valence-electron chi connectivity index (χ1n) is 9.10. The third-order valence-corrected chi connectivity index (χ3v) is 5.56. The van der Waals surface area contributed by atoms with Crippen molar-refractivity contribution < 1.29 is 14.3 Å². The molecule has 2 aliphatic rings. The van der Waals surface area contributed by atoms with E-state index < -0.39 is 5.41 Å². The third-order valence-electron chi connectivity index (χ3n) is 5.33. The molecule has 1 amide bonds. The van der Waals surface area contributed by atoms with Gasteiger partial charge in [-0.3, -0.25) is 4.79 Å². The molecular formula is C21H22ClNO3. The van der Waals surface area contributed by atoms with Crippen LogP contribution in [0.1, 0.15) is 36.8 Å². The van der Waals surface area contributed by atoms with Gasteiger partial charge in [-0.1, -0.05) is 42.6 Å². The average molecular weight is 372 g/mol. The SMILES string of the molecule is O=C(NCc1cccc(Cl)c1)C1(c2ccc3c(c2)OCCO3)CCCC1. The number of amides is 1. The minimum Gasteiger partial charge on any atom is -0.486 e. The van der Waals surface area contributed by atoms with Gasteiger partial charge in [0, 0.05) is 11.6 Å². The number of carbonyl (C=O) groups is 1. The maximum Gasteiger partial charge on any atom is 0.230 e. The molecule has 2 aromatic rings. The molecule has 0 spiro atoms. The Morgan fingerprint density at radius 3 is 2.58 bits per heavy atom. The molecule has 0 aromatic heterocycles. The number of ether oxygens (including phenoxy) is 2. The summed E-state index contributed by atoms with van der Waals surface area (Å²) >= 11 is 6.04. The van der Waals surface area contributed by atoms with Crippen molar-refractivity contribution in [3.63, 3.8) is 0 Å². The summed E-state index contributed by atoms with van der Waals surface area (Å²) in [4.78, 5) is 13.2. The number of benzene rings is 2. The van der Waals surface area contributed by atoms with Crippen LogP contribution in [0.15, 0.2) is 42.5 Å². The highest BCUT2D eigenvalue weighted by atomic mass is 35.5. The van der Waals surface area contributed by atoms with Crippen LogP contribution in [0.25, 0.3) is 0 Å². The normalized spacial score (nSPS) is 17.7. The van der Waals surface area contributed by atoms with Gasteiger partial charge in [0.25, 0.3) is 0 Å². The summed E-state index contributed by atoms with van der Waals surface area (Å²) < 4.78 is 11.3. The second-order valence-corrected chi connectivity index (χ2v) is 7.40. The Hall–Kier alpha value is -2.20. The van der Waals surface area contributed by atoms with E-state index in [-0.39, 0.29) is 5.91 Å². The van der Waals surface area contributed by atoms with Crippen molar-refractivity contribution in [2.75, 3.05) is 13.2 Å². The van der Waals surface area contributed by atoms with Crippen molar-refractivity contribution in [2.24, 2.45) is 0 Å². The van der Waals surface area contributed by atoms with Crippen molar-refractivity contribution in [3.8, 4) is 11.5 Å². The minimum absolute atomic E-state index is 0.0756. The van der Waals surface area contributed by atoms with Gasteiger partial charge in [-0.2, -0.15) is 0 Å². The van der Waals surface area contributed by atoms with Gasteiger partial charge in [0.15, 0.2) is 11.5 Å². The van der Waals surface area contributed by atoms with E-state index in [1.165, 1.54) is 0 Å². The topological polar surface area (TPSA) is 47.6 Å². The van der Waals surface area contributed by atoms with Gasteiger partial charge in [-0.05, 0) is 48.2 Å². The molecule has 1 N–H and O–H groups in total. The van der Waals surface area contributed by atoms with Crippen LogP contribution < -0.4 is 14.8 Å². The molecule has 0 atom stereocenters. The molecule has 0 unspecified atom stereocenters. The zero-order valence-corrected chi connectivity index (χ0v) is 15.3. The lowest BCUT2D eigenvalue weighted by molar-refractivity contribution is -0.126. The van der Waals surface area contributed by atoms with Crippen molar-refractivity contribution in [3.05, 3.63) is 58.6 Å². The van der Waals surface area contributed by atoms with E-state index >= 15 is 0 Å². The Bertz CT molecular complexity index is 815. The van der Waals surface area contributed by atoms with Crippen LogP contribution >= 0.6 is 11.6 Å². The summed E-state index contributed by atoms with van der Waals surface area (Å²) in [6.07, 6.45) is 3.82. The Kier molecular flexibility index (Phi) is 4.77. The second-order valence-electron chi connectivity index (χ2n) is 6.96. The second kappa shape index (κ2) is 7.20. The summed E-state index contributed by atoms with van der Waals surface area (Å²) in [6, 6.07) is 13.5. The number of halogens is 1. The molecule has 136 valence electrons. The minimum atomic E-state index is -0.492. The molecule has 1 fully saturated rings. The van der Waals surface area contributed by atoms with Gasteiger partial charge in [0.2, 0.25) is 5.91 Å². The fourth-order valence-corrected chi connectivity index (χ4v) is 4.18. The maximum absolute atomic E-state index is 13.2. The van der Waals surface area contributed by atoms with Gasteiger partial charge in [0.05, 0.1) is 5.41 Å². The van der Waals surface area contributed by atoms with Gasteiger partial charge in [-0.25, -0.2) is 0 Å². The van der Waals surface area contributed by atoms with E-state index in [1.807, 2.05) is 42.5 Å². The lowest BCUT2D eigenvalue weighted by atomic mass is 9.77. The third kappa shape index (κ3) is 3.26. The van der Waals surface area contributed by atoms with Crippen molar-refractivity contribution in [1.82, 2.24) is 5.32 Å². The zero-order valence-electron chi connectivity index (χ0n) is 14.6. The van der Waals surface area contributed by atoms with Gasteiger partial charge in [0.1, 0.15) is 13.2 Å². The highest BCUT2D eigenvalue weighted by Gasteiger charge is 2.43. The fraction of sp³-hybridized carbons (Fsp3) is 0.381. The monoisotopic (exact) mass is 371 g/mol. The molecule has 1 heterocycles. The van der Waals surface area contributed by atoms with Crippen LogP contribution in [0.2, 0.25) is 5.02 Å². The molecule has 1 aliphatic heterocycles. The smallest absolute Gasteiger partial charge is 0.230 e. The van der Waals surface area contributed by atoms with Crippen LogP contribution in [0.4, 0.5) is 0 Å². The Labute approximate surface area is 158 Å². The van der Waals surface area contributed by atoms with Crippen LogP contribution in [0, 0.1) is 0 Å². The molecule has 1 saturated carbocycles. The predicted molar refractivity (Wildman–Crippen MR) is 101 cm³/mol. The van der Waals surface area contributed by atoms with Crippen molar-refractivity contribution >= 4 is 17.5 Å². The zero-order chi connectivity index (χ0) is 18.0. The largest absolute Gasteiger partial charge is 0.486 e. The summed E-state index contributed by atoms with van der Waals surface area (Å²) in [5.41, 5.74) is 1.53. The van der Waals surface area contributed by atoms with E-state index in [2.05, 4.69) is 5.32 Å². The lowest BCUT2D eigenvalue weighted by Crippen LogP contribution is -2.42. The molecule has 1 aliphatic carbocycles. The summed E-state index contributed by atoms with van der Waals surface area (Å²) in [6.45, 7) is 1.59. The lowest BCUT2D eigenvalue weighted by Gasteiger charge is -2.30. The molecule has 4 rings (SSSR count). The number of nitrogens with one attached hydrogen (secondary N) is 1. The molecule has 5 heteroatoms. The van der Waals surface area contributed by atoms with Crippen molar-refractivity contribution in [2.45, 2.75) is 37.6 Å². The highest BCUT2D eigenvalue weighted by molar-refractivity contribution is 6.30. The molecule has 4 nitrogen and oxygen atoms in total. The molecule has 0 radical (unpaired) electrons. The first-order valence-corrected chi connectivity index (χ1v) is 9.48. The molecule has 2 aromatic carbocycles. The Morgan fingerprint density at radius 2 is 1.81 bits per heavy atom. The molecule has 26 heavy (non-hydrogen) atoms. The maximum atomic E-state index is 13.2. The summed E-state index contributed by atoms with van der Waals surface area (Å²) in [5, 5.41) is 3.80. The quantitative estimate of drug-likeness (QED) is 0.874. The van der Waals surface area contributed by atoms with E-state index in [0.717, 1.165) is 48.3 Å². The summed E-state index contributed by atoms with van der Waals surface area (Å²) in [5.74, 6) is 1.57. The fourth-order valence-electron chi connectivity index (χ4n) is 3.96. The van der Waals surface area contributed by atoms with Crippen LogP contribution in [0.3, 0.4) is 0 Å². The predicted octanol–water partition coefficient (Wildman–Crippen LogP) is 4.24. The Balaban J connectivity index is 1.57. The number of carbonyl (C=O) groups excluding carboxylic acids is 1. The highest BCUT2D eigenvalue weighted by Crippen LogP contribution is 2.44. The van der Waals surface area contributed by atoms with Crippen molar-refractivity contribution in [1.29, 1.82) is 0 Å². The number of hydrogen-bond donors (Lipinski definition) is 1. The van der Waals surface area contributed by atoms with E-state index in [1.54, 1.807) is 0 Å². The first-order chi connectivity index (χ1) is 12.7. The van der Waals surface area contributed by atoms with E-state index in [9.17, 15) is 4.79 Å². The van der Waals surface area contributed by atoms with Gasteiger partial charge in [-0.15, -0.1) is 0 Å². The van der Waals surface area contributed by atoms with Crippen LogP contribution in [0.5, 0.6) is 11.5 Å². The number of rotatable bonds is 4. The average Bonchev–Trinajstić information content (AvgIpc) is 3.17. The Morgan fingerprint density at radius 1 is 1.04 bits per heavy atom. The molecule has 0 bridgehead atoms. The summed E-state index contributed by atoms with van der Waals surface area (Å²) in [7, 11) is 0. The number of fused-ring (bicyclic) bond motifs is 1. The van der Waals surface area contributed by atoms with Gasteiger partial charge >= 0.3 is 0 Å². The molecular weight excluding hydrogens is 350 g/mol. The van der Waals surface area contributed by atoms with Crippen LogP contribution in [-0.4, -0.2) is 19.1 Å². The number of hydrogen-bond acceptors (Lipinski definition) is 3. The van der Waals surface area contributed by atoms with E-state index in [4.69, 9.17) is 21.1 Å². The standard InChI is InChI=1S/C21H22ClNO3/c22-17-5-3-4-15(12-17)14-23-20(24)21(8-1-2-9-21)16-6-7-18-19(13-16)26-11-10-25-18/h3-7,12-13H,1-2,8-11,14H2,(H,23,24). The first kappa shape index (κ1) is 17.2. The molecule has 0 saturated heterocycles. The van der Waals surface area contributed by atoms with E-state index in [0.29, 0.717) is 24.8 Å².